The number of Topliss-reactive ketones (excluding diaryl/α,β-unsaturated/α-hetero) is 1. The highest BCUT2D eigenvalue weighted by Crippen LogP contribution is 1.93. The van der Waals surface area contributed by atoms with Gasteiger partial charge in [0.15, 0.2) is 0 Å². The van der Waals surface area contributed by atoms with Crippen molar-refractivity contribution in [3.8, 4) is 0 Å². The van der Waals surface area contributed by atoms with Crippen molar-refractivity contribution in [1.29, 1.82) is 0 Å². The predicted octanol–water partition coefficient (Wildman–Crippen LogP) is -1.69. The van der Waals surface area contributed by atoms with Crippen LogP contribution in [0.25, 0.3) is 0 Å². The van der Waals surface area contributed by atoms with Crippen LogP contribution in [0.3, 0.4) is 0 Å². The largest absolute Gasteiger partial charge is 0.480 e. The minimum Gasteiger partial charge on any atom is -0.480 e. The Labute approximate surface area is 97.5 Å². The quantitative estimate of drug-likeness (QED) is 0.325. The first-order valence-corrected chi connectivity index (χ1v) is 4.98. The molecule has 0 radical (unpaired) electrons. The maximum atomic E-state index is 11.1. The molecule has 0 saturated heterocycles. The second kappa shape index (κ2) is 7.34. The fourth-order valence-electron chi connectivity index (χ4n) is 0.829. The van der Waals surface area contributed by atoms with Crippen LogP contribution in [-0.2, 0) is 19.2 Å². The molecule has 0 fully saturated rings. The molecule has 2 amide bonds. The molecule has 0 saturated carbocycles. The standard InChI is InChI=1S/C9H15N3O5/c1-2-6(13)8(15)12-11-7(14)4-3-5(10)9(16)17/h5H,2-4,10H2,1H3,(H,11,14)(H,12,15)(H,16,17). The van der Waals surface area contributed by atoms with Crippen molar-refractivity contribution in [2.45, 2.75) is 32.2 Å². The molecule has 0 aromatic carbocycles. The highest BCUT2D eigenvalue weighted by Gasteiger charge is 2.15. The van der Waals surface area contributed by atoms with Crippen LogP contribution >= 0.6 is 0 Å². The molecule has 0 aliphatic rings. The zero-order chi connectivity index (χ0) is 13.4. The van der Waals surface area contributed by atoms with Gasteiger partial charge in [0.25, 0.3) is 0 Å². The molecule has 1 atom stereocenters. The highest BCUT2D eigenvalue weighted by atomic mass is 16.4. The SMILES string of the molecule is CCC(=O)C(=O)NNC(=O)CCC(N)C(=O)O. The van der Waals surface area contributed by atoms with Crippen molar-refractivity contribution in [1.82, 2.24) is 10.9 Å². The molecule has 0 rings (SSSR count). The van der Waals surface area contributed by atoms with Gasteiger partial charge >= 0.3 is 11.9 Å². The van der Waals surface area contributed by atoms with E-state index in [2.05, 4.69) is 0 Å². The molecule has 0 heterocycles. The van der Waals surface area contributed by atoms with Gasteiger partial charge in [0.1, 0.15) is 6.04 Å². The Kier molecular flexibility index (Phi) is 6.49. The molecule has 5 N–H and O–H groups in total. The van der Waals surface area contributed by atoms with E-state index in [9.17, 15) is 19.2 Å². The summed E-state index contributed by atoms with van der Waals surface area (Å²) in [6, 6.07) is -1.13. The number of rotatable bonds is 6. The molecule has 0 spiro atoms. The molecule has 8 nitrogen and oxygen atoms in total. The molecule has 0 bridgehead atoms. The normalized spacial score (nSPS) is 11.4. The summed E-state index contributed by atoms with van der Waals surface area (Å²) in [4.78, 5) is 43.2. The molecular formula is C9H15N3O5. The van der Waals surface area contributed by atoms with Gasteiger partial charge in [-0.3, -0.25) is 30.0 Å². The molecular weight excluding hydrogens is 230 g/mol. The van der Waals surface area contributed by atoms with Crippen LogP contribution in [0.5, 0.6) is 0 Å². The summed E-state index contributed by atoms with van der Waals surface area (Å²) in [5, 5.41) is 8.45. The number of carbonyl (C=O) groups excluding carboxylic acids is 3. The van der Waals surface area contributed by atoms with Crippen molar-refractivity contribution in [3.63, 3.8) is 0 Å². The maximum absolute atomic E-state index is 11.1. The van der Waals surface area contributed by atoms with Gasteiger partial charge in [-0.25, -0.2) is 0 Å². The van der Waals surface area contributed by atoms with E-state index in [1.807, 2.05) is 10.9 Å². The lowest BCUT2D eigenvalue weighted by Crippen LogP contribution is -2.45. The Morgan fingerprint density at radius 3 is 2.29 bits per heavy atom. The van der Waals surface area contributed by atoms with E-state index in [1.54, 1.807) is 0 Å². The van der Waals surface area contributed by atoms with Crippen LogP contribution in [0.2, 0.25) is 0 Å². The van der Waals surface area contributed by atoms with Crippen LogP contribution in [0.4, 0.5) is 0 Å². The van der Waals surface area contributed by atoms with Gasteiger partial charge in [0, 0.05) is 12.8 Å². The number of carbonyl (C=O) groups is 4. The van der Waals surface area contributed by atoms with E-state index in [0.29, 0.717) is 0 Å². The van der Waals surface area contributed by atoms with E-state index in [0.717, 1.165) is 0 Å². The van der Waals surface area contributed by atoms with Gasteiger partial charge in [-0.2, -0.15) is 0 Å². The zero-order valence-corrected chi connectivity index (χ0v) is 9.36. The Morgan fingerprint density at radius 1 is 1.24 bits per heavy atom. The first kappa shape index (κ1) is 15.0. The van der Waals surface area contributed by atoms with E-state index in [4.69, 9.17) is 10.8 Å². The van der Waals surface area contributed by atoms with Crippen molar-refractivity contribution >= 4 is 23.6 Å². The van der Waals surface area contributed by atoms with Crippen molar-refractivity contribution < 1.29 is 24.3 Å². The molecule has 0 aromatic heterocycles. The number of carboxylic acids is 1. The van der Waals surface area contributed by atoms with Gasteiger partial charge in [0.05, 0.1) is 0 Å². The molecule has 0 aromatic rings. The Hall–Kier alpha value is -1.96. The number of hydrazine groups is 1. The monoisotopic (exact) mass is 245 g/mol. The lowest BCUT2D eigenvalue weighted by molar-refractivity contribution is -0.140. The van der Waals surface area contributed by atoms with Crippen molar-refractivity contribution in [2.75, 3.05) is 0 Å². The van der Waals surface area contributed by atoms with Gasteiger partial charge in [-0.1, -0.05) is 6.92 Å². The summed E-state index contributed by atoms with van der Waals surface area (Å²) >= 11 is 0. The third kappa shape index (κ3) is 6.25. The summed E-state index contributed by atoms with van der Waals surface area (Å²) in [6.45, 7) is 1.51. The lowest BCUT2D eigenvalue weighted by Gasteiger charge is -2.07. The fraction of sp³-hybridized carbons (Fsp3) is 0.556. The Balaban J connectivity index is 3.85. The number of carboxylic acid groups (broad SMARTS) is 1. The average Bonchev–Trinajstić information content (AvgIpc) is 2.31. The number of amides is 2. The molecule has 1 unspecified atom stereocenters. The number of nitrogens with two attached hydrogens (primary N) is 1. The van der Waals surface area contributed by atoms with Crippen LogP contribution in [0.1, 0.15) is 26.2 Å². The number of hydrogen-bond acceptors (Lipinski definition) is 5. The van der Waals surface area contributed by atoms with Gasteiger partial charge in [-0.15, -0.1) is 0 Å². The number of aliphatic carboxylic acids is 1. The number of ketones is 1. The minimum absolute atomic E-state index is 0.0333. The topological polar surface area (TPSA) is 139 Å². The van der Waals surface area contributed by atoms with Gasteiger partial charge in [-0.05, 0) is 6.42 Å². The van der Waals surface area contributed by atoms with Crippen molar-refractivity contribution in [3.05, 3.63) is 0 Å². The predicted molar refractivity (Wildman–Crippen MR) is 56.4 cm³/mol. The lowest BCUT2D eigenvalue weighted by atomic mass is 10.2. The third-order valence-corrected chi connectivity index (χ3v) is 1.89. The van der Waals surface area contributed by atoms with Crippen LogP contribution < -0.4 is 16.6 Å². The van der Waals surface area contributed by atoms with Crippen molar-refractivity contribution in [2.24, 2.45) is 5.73 Å². The number of hydrogen-bond donors (Lipinski definition) is 4. The summed E-state index contributed by atoms with van der Waals surface area (Å²) in [6.07, 6.45) is -0.182. The Bertz CT molecular complexity index is 329. The third-order valence-electron chi connectivity index (χ3n) is 1.89. The molecule has 96 valence electrons. The second-order valence-electron chi connectivity index (χ2n) is 3.26. The molecule has 8 heteroatoms. The summed E-state index contributed by atoms with van der Waals surface area (Å²) in [5.74, 6) is -3.39. The average molecular weight is 245 g/mol. The van der Waals surface area contributed by atoms with Gasteiger partial charge in [0.2, 0.25) is 11.7 Å². The molecule has 0 aliphatic carbocycles. The van der Waals surface area contributed by atoms with E-state index >= 15 is 0 Å². The van der Waals surface area contributed by atoms with E-state index < -0.39 is 29.6 Å². The summed E-state index contributed by atoms with van der Waals surface area (Å²) in [5.41, 5.74) is 9.06. The second-order valence-corrected chi connectivity index (χ2v) is 3.26. The van der Waals surface area contributed by atoms with E-state index in [1.165, 1.54) is 6.92 Å². The van der Waals surface area contributed by atoms with Gasteiger partial charge < -0.3 is 10.8 Å². The Morgan fingerprint density at radius 2 is 1.82 bits per heavy atom. The van der Waals surface area contributed by atoms with Crippen LogP contribution in [0.15, 0.2) is 0 Å². The van der Waals surface area contributed by atoms with E-state index in [-0.39, 0.29) is 19.3 Å². The molecule has 17 heavy (non-hydrogen) atoms. The van der Waals surface area contributed by atoms with Crippen LogP contribution in [0, 0.1) is 0 Å². The van der Waals surface area contributed by atoms with Crippen LogP contribution in [-0.4, -0.2) is 34.7 Å². The summed E-state index contributed by atoms with van der Waals surface area (Å²) in [7, 11) is 0. The highest BCUT2D eigenvalue weighted by molar-refractivity contribution is 6.36. The first-order valence-electron chi connectivity index (χ1n) is 4.98. The number of nitrogens with one attached hydrogen (secondary N) is 2. The summed E-state index contributed by atoms with van der Waals surface area (Å²) < 4.78 is 0. The maximum Gasteiger partial charge on any atom is 0.320 e. The fourth-order valence-corrected chi connectivity index (χ4v) is 0.829. The zero-order valence-electron chi connectivity index (χ0n) is 9.36. The molecule has 0 aliphatic heterocycles. The smallest absolute Gasteiger partial charge is 0.320 e. The first-order chi connectivity index (χ1) is 7.88. The minimum atomic E-state index is -1.21.